The van der Waals surface area contributed by atoms with Crippen LogP contribution >= 0.6 is 11.3 Å². The van der Waals surface area contributed by atoms with Gasteiger partial charge in [-0.25, -0.2) is 0 Å². The smallest absolute Gasteiger partial charge is 0.00987 e. The molecule has 2 rings (SSSR count). The Labute approximate surface area is 116 Å². The minimum atomic E-state index is 0.341. The molecule has 0 saturated heterocycles. The second kappa shape index (κ2) is 5.88. The quantitative estimate of drug-likeness (QED) is 0.541. The Morgan fingerprint density at radius 2 is 1.67 bits per heavy atom. The van der Waals surface area contributed by atoms with Gasteiger partial charge in [0.25, 0.3) is 0 Å². The minimum absolute atomic E-state index is 0.341. The highest BCUT2D eigenvalue weighted by Crippen LogP contribution is 2.29. The van der Waals surface area contributed by atoms with Crippen LogP contribution in [-0.4, -0.2) is 0 Å². The van der Waals surface area contributed by atoms with Gasteiger partial charge in [0.1, 0.15) is 0 Å². The number of rotatable bonds is 0. The molecule has 0 aliphatic heterocycles. The van der Waals surface area contributed by atoms with Gasteiger partial charge in [0.15, 0.2) is 0 Å². The highest BCUT2D eigenvalue weighted by Gasteiger charge is 2.15. The molecule has 0 spiro atoms. The Kier molecular flexibility index (Phi) is 4.98. The molecule has 100 valence electrons. The molecular weight excluding hydrogens is 236 g/mol. The summed E-state index contributed by atoms with van der Waals surface area (Å²) in [7, 11) is 0. The molecule has 1 aliphatic carbocycles. The third-order valence-electron chi connectivity index (χ3n) is 2.90. The Morgan fingerprint density at radius 1 is 1.00 bits per heavy atom. The largest absolute Gasteiger partial charge is 0.148 e. The lowest BCUT2D eigenvalue weighted by atomic mass is 9.87. The van der Waals surface area contributed by atoms with Gasteiger partial charge in [-0.15, -0.1) is 11.3 Å². The Balaban J connectivity index is 0.000000180. The third-order valence-corrected chi connectivity index (χ3v) is 4.19. The molecule has 0 aromatic carbocycles. The van der Waals surface area contributed by atoms with Gasteiger partial charge in [-0.1, -0.05) is 65.8 Å². The summed E-state index contributed by atoms with van der Waals surface area (Å²) in [5.41, 5.74) is 2.17. The molecule has 0 nitrogen and oxygen atoms in total. The standard InChI is InChI=1S/C9H14.C8H12S/c1-9(2,3)8-6-4-5-7-8;1-8(2,3)7-5-4-6-9-7/h4,6-7H,5H2,1-3H3;4-6H,1-3H3. The number of hydrogen-bond acceptors (Lipinski definition) is 1. The van der Waals surface area contributed by atoms with Crippen LogP contribution in [0.3, 0.4) is 0 Å². The highest BCUT2D eigenvalue weighted by molar-refractivity contribution is 7.10. The Morgan fingerprint density at radius 3 is 1.89 bits per heavy atom. The monoisotopic (exact) mass is 262 g/mol. The molecule has 0 fully saturated rings. The zero-order valence-corrected chi connectivity index (χ0v) is 13.4. The summed E-state index contributed by atoms with van der Waals surface area (Å²) < 4.78 is 0. The van der Waals surface area contributed by atoms with Crippen LogP contribution in [0.25, 0.3) is 0 Å². The summed E-state index contributed by atoms with van der Waals surface area (Å²) in [5.74, 6) is 0. The lowest BCUT2D eigenvalue weighted by molar-refractivity contribution is 0.518. The average Bonchev–Trinajstić information content (AvgIpc) is 2.91. The first-order valence-electron chi connectivity index (χ1n) is 6.62. The van der Waals surface area contributed by atoms with Crippen molar-refractivity contribution in [1.82, 2.24) is 0 Å². The van der Waals surface area contributed by atoms with Crippen molar-refractivity contribution in [1.29, 1.82) is 0 Å². The van der Waals surface area contributed by atoms with Crippen LogP contribution in [0.5, 0.6) is 0 Å². The fraction of sp³-hybridized carbons (Fsp3) is 0.529. The van der Waals surface area contributed by atoms with E-state index in [4.69, 9.17) is 0 Å². The third kappa shape index (κ3) is 4.81. The van der Waals surface area contributed by atoms with Crippen LogP contribution < -0.4 is 0 Å². The second-order valence-electron chi connectivity index (χ2n) is 6.77. The summed E-state index contributed by atoms with van der Waals surface area (Å²) in [6.07, 6.45) is 7.85. The van der Waals surface area contributed by atoms with Crippen LogP contribution in [0.2, 0.25) is 0 Å². The molecule has 1 heterocycles. The highest BCUT2D eigenvalue weighted by atomic mass is 32.1. The van der Waals surface area contributed by atoms with E-state index in [2.05, 4.69) is 77.3 Å². The predicted octanol–water partition coefficient (Wildman–Crippen LogP) is 5.96. The average molecular weight is 262 g/mol. The molecule has 0 unspecified atom stereocenters. The van der Waals surface area contributed by atoms with Crippen molar-refractivity contribution in [3.63, 3.8) is 0 Å². The second-order valence-corrected chi connectivity index (χ2v) is 7.72. The first kappa shape index (κ1) is 15.2. The topological polar surface area (TPSA) is 0 Å². The minimum Gasteiger partial charge on any atom is -0.148 e. The molecule has 0 atom stereocenters. The van der Waals surface area contributed by atoms with E-state index in [1.807, 2.05) is 11.3 Å². The van der Waals surface area contributed by atoms with Crippen molar-refractivity contribution in [3.05, 3.63) is 46.2 Å². The predicted molar refractivity (Wildman–Crippen MR) is 84.3 cm³/mol. The lowest BCUT2D eigenvalue weighted by Crippen LogP contribution is -2.07. The summed E-state index contributed by atoms with van der Waals surface area (Å²) >= 11 is 1.83. The number of allylic oxidation sites excluding steroid dienone is 4. The van der Waals surface area contributed by atoms with Crippen molar-refractivity contribution in [2.75, 3.05) is 0 Å². The van der Waals surface area contributed by atoms with E-state index < -0.39 is 0 Å². The van der Waals surface area contributed by atoms with Gasteiger partial charge in [0.05, 0.1) is 0 Å². The van der Waals surface area contributed by atoms with E-state index in [0.717, 1.165) is 6.42 Å². The van der Waals surface area contributed by atoms with Crippen LogP contribution in [0.1, 0.15) is 52.8 Å². The van der Waals surface area contributed by atoms with E-state index in [1.165, 1.54) is 10.5 Å². The van der Waals surface area contributed by atoms with Crippen LogP contribution in [0, 0.1) is 5.41 Å². The van der Waals surface area contributed by atoms with Gasteiger partial charge in [0, 0.05) is 4.88 Å². The summed E-state index contributed by atoms with van der Waals surface area (Å²) in [6, 6.07) is 4.29. The maximum Gasteiger partial charge on any atom is 0.00987 e. The lowest BCUT2D eigenvalue weighted by Gasteiger charge is -2.18. The van der Waals surface area contributed by atoms with E-state index in [-0.39, 0.29) is 0 Å². The molecule has 0 amide bonds. The van der Waals surface area contributed by atoms with Crippen LogP contribution in [0.4, 0.5) is 0 Å². The van der Waals surface area contributed by atoms with Gasteiger partial charge in [-0.3, -0.25) is 0 Å². The fourth-order valence-corrected chi connectivity index (χ4v) is 2.53. The van der Waals surface area contributed by atoms with Crippen LogP contribution in [0.15, 0.2) is 41.3 Å². The zero-order valence-electron chi connectivity index (χ0n) is 12.6. The van der Waals surface area contributed by atoms with Crippen molar-refractivity contribution in [3.8, 4) is 0 Å². The van der Waals surface area contributed by atoms with Crippen LogP contribution in [-0.2, 0) is 5.41 Å². The van der Waals surface area contributed by atoms with Gasteiger partial charge in [-0.05, 0) is 34.3 Å². The normalized spacial score (nSPS) is 15.1. The van der Waals surface area contributed by atoms with E-state index in [0.29, 0.717) is 10.8 Å². The number of thiophene rings is 1. The van der Waals surface area contributed by atoms with E-state index in [1.54, 1.807) is 0 Å². The fourth-order valence-electron chi connectivity index (χ4n) is 1.72. The summed E-state index contributed by atoms with van der Waals surface area (Å²) in [6.45, 7) is 13.4. The van der Waals surface area contributed by atoms with Gasteiger partial charge < -0.3 is 0 Å². The maximum absolute atomic E-state index is 2.29. The molecule has 1 heteroatoms. The van der Waals surface area contributed by atoms with Gasteiger partial charge in [0.2, 0.25) is 0 Å². The number of hydrogen-bond donors (Lipinski definition) is 0. The zero-order chi connectivity index (χ0) is 13.8. The molecule has 1 aliphatic rings. The molecule has 18 heavy (non-hydrogen) atoms. The Bertz CT molecular complexity index is 405. The molecule has 0 N–H and O–H groups in total. The molecule has 0 saturated carbocycles. The summed E-state index contributed by atoms with van der Waals surface area (Å²) in [5, 5.41) is 2.13. The molecule has 0 radical (unpaired) electrons. The van der Waals surface area contributed by atoms with Crippen molar-refractivity contribution in [2.45, 2.75) is 53.4 Å². The molecule has 1 aromatic rings. The SMILES string of the molecule is CC(C)(C)C1=CCC=C1.CC(C)(C)c1cccs1. The molecular formula is C17H26S. The summed E-state index contributed by atoms with van der Waals surface area (Å²) in [4.78, 5) is 1.46. The van der Waals surface area contributed by atoms with Crippen molar-refractivity contribution >= 4 is 11.3 Å². The van der Waals surface area contributed by atoms with Gasteiger partial charge >= 0.3 is 0 Å². The Hall–Kier alpha value is -0.820. The molecule has 1 aromatic heterocycles. The van der Waals surface area contributed by atoms with E-state index in [9.17, 15) is 0 Å². The van der Waals surface area contributed by atoms with Crippen molar-refractivity contribution < 1.29 is 0 Å². The first-order chi connectivity index (χ1) is 8.21. The molecule has 0 bridgehead atoms. The van der Waals surface area contributed by atoms with E-state index >= 15 is 0 Å². The van der Waals surface area contributed by atoms with Crippen molar-refractivity contribution in [2.24, 2.45) is 5.41 Å². The first-order valence-corrected chi connectivity index (χ1v) is 7.50. The maximum atomic E-state index is 2.29. The van der Waals surface area contributed by atoms with Gasteiger partial charge in [-0.2, -0.15) is 0 Å².